The van der Waals surface area contributed by atoms with Crippen LogP contribution in [0.1, 0.15) is 33.6 Å². The van der Waals surface area contributed by atoms with Gasteiger partial charge in [-0.05, 0) is 18.8 Å². The van der Waals surface area contributed by atoms with Crippen molar-refractivity contribution in [3.63, 3.8) is 0 Å². The minimum absolute atomic E-state index is 0.447. The van der Waals surface area contributed by atoms with Crippen LogP contribution in [0.25, 0.3) is 0 Å². The van der Waals surface area contributed by atoms with E-state index in [2.05, 4.69) is 26.1 Å². The molecule has 1 saturated heterocycles. The van der Waals surface area contributed by atoms with Gasteiger partial charge in [0.2, 0.25) is 0 Å². The fourth-order valence-electron chi connectivity index (χ4n) is 1.68. The Morgan fingerprint density at radius 1 is 1.33 bits per heavy atom. The average molecular weight is 171 g/mol. The molecule has 2 nitrogen and oxygen atoms in total. The molecule has 0 saturated carbocycles. The van der Waals surface area contributed by atoms with E-state index in [0.29, 0.717) is 12.2 Å². The molecule has 2 heteroatoms. The molecule has 1 aliphatic rings. The molecule has 1 N–H and O–H groups in total. The molecule has 0 amide bonds. The van der Waals surface area contributed by atoms with E-state index in [1.54, 1.807) is 0 Å². The number of hydrogen-bond donors (Lipinski definition) is 1. The fourth-order valence-corrected chi connectivity index (χ4v) is 1.68. The molecule has 1 rings (SSSR count). The summed E-state index contributed by atoms with van der Waals surface area (Å²) in [4.78, 5) is 0. The molecule has 0 radical (unpaired) electrons. The van der Waals surface area contributed by atoms with Crippen LogP contribution in [-0.4, -0.2) is 25.3 Å². The summed E-state index contributed by atoms with van der Waals surface area (Å²) in [5.41, 5.74) is 0. The molecule has 0 spiro atoms. The summed E-state index contributed by atoms with van der Waals surface area (Å²) in [7, 11) is 0. The lowest BCUT2D eigenvalue weighted by Crippen LogP contribution is -2.44. The molecule has 0 bridgehead atoms. The van der Waals surface area contributed by atoms with Crippen molar-refractivity contribution in [1.29, 1.82) is 0 Å². The molecule has 0 aliphatic carbocycles. The molecule has 1 aliphatic heterocycles. The number of morpholine rings is 1. The van der Waals surface area contributed by atoms with Crippen LogP contribution in [0.5, 0.6) is 0 Å². The third-order valence-electron chi connectivity index (χ3n) is 2.32. The standard InChI is InChI=1S/C10H21NO/c1-4-9-6-11-7-10(12-9)5-8(2)3/h8-11H,4-7H2,1-3H3. The van der Waals surface area contributed by atoms with Gasteiger partial charge in [0.15, 0.2) is 0 Å². The third-order valence-corrected chi connectivity index (χ3v) is 2.32. The normalized spacial score (nSPS) is 31.0. The maximum Gasteiger partial charge on any atom is 0.0706 e. The summed E-state index contributed by atoms with van der Waals surface area (Å²) in [6.07, 6.45) is 3.21. The highest BCUT2D eigenvalue weighted by atomic mass is 16.5. The van der Waals surface area contributed by atoms with E-state index in [9.17, 15) is 0 Å². The lowest BCUT2D eigenvalue weighted by atomic mass is 10.0. The van der Waals surface area contributed by atoms with Crippen LogP contribution in [0.3, 0.4) is 0 Å². The van der Waals surface area contributed by atoms with Crippen molar-refractivity contribution < 1.29 is 4.74 Å². The number of ether oxygens (including phenoxy) is 1. The molecule has 0 aromatic rings. The van der Waals surface area contributed by atoms with E-state index in [1.165, 1.54) is 6.42 Å². The molecule has 0 aromatic heterocycles. The Morgan fingerprint density at radius 2 is 2.00 bits per heavy atom. The lowest BCUT2D eigenvalue weighted by molar-refractivity contribution is -0.0466. The van der Waals surface area contributed by atoms with Gasteiger partial charge in [-0.25, -0.2) is 0 Å². The van der Waals surface area contributed by atoms with Crippen molar-refractivity contribution in [1.82, 2.24) is 5.32 Å². The second-order valence-corrected chi connectivity index (χ2v) is 4.08. The van der Waals surface area contributed by atoms with Crippen molar-refractivity contribution in [3.05, 3.63) is 0 Å². The highest BCUT2D eigenvalue weighted by Crippen LogP contribution is 2.14. The van der Waals surface area contributed by atoms with E-state index in [1.807, 2.05) is 0 Å². The van der Waals surface area contributed by atoms with Gasteiger partial charge in [0.05, 0.1) is 12.2 Å². The van der Waals surface area contributed by atoms with Crippen LogP contribution in [0, 0.1) is 5.92 Å². The van der Waals surface area contributed by atoms with Gasteiger partial charge in [0.25, 0.3) is 0 Å². The lowest BCUT2D eigenvalue weighted by Gasteiger charge is -2.31. The Labute approximate surface area is 75.7 Å². The minimum Gasteiger partial charge on any atom is -0.372 e. The molecule has 2 unspecified atom stereocenters. The fraction of sp³-hybridized carbons (Fsp3) is 1.00. The van der Waals surface area contributed by atoms with Gasteiger partial charge in [-0.2, -0.15) is 0 Å². The second-order valence-electron chi connectivity index (χ2n) is 4.08. The van der Waals surface area contributed by atoms with Gasteiger partial charge in [0.1, 0.15) is 0 Å². The SMILES string of the molecule is CCC1CNCC(CC(C)C)O1. The summed E-state index contributed by atoms with van der Waals surface area (Å²) in [5, 5.41) is 3.42. The van der Waals surface area contributed by atoms with Gasteiger partial charge < -0.3 is 10.1 Å². The molecule has 1 heterocycles. The first-order chi connectivity index (χ1) is 5.72. The third kappa shape index (κ3) is 3.11. The molecule has 0 aromatic carbocycles. The van der Waals surface area contributed by atoms with E-state index >= 15 is 0 Å². The van der Waals surface area contributed by atoms with Crippen molar-refractivity contribution in [2.45, 2.75) is 45.8 Å². The highest BCUT2D eigenvalue weighted by Gasteiger charge is 2.20. The zero-order valence-corrected chi connectivity index (χ0v) is 8.47. The van der Waals surface area contributed by atoms with Gasteiger partial charge in [-0.1, -0.05) is 20.8 Å². The molecular weight excluding hydrogens is 150 g/mol. The summed E-state index contributed by atoms with van der Waals surface area (Å²) >= 11 is 0. The average Bonchev–Trinajstić information content (AvgIpc) is 2.03. The zero-order valence-electron chi connectivity index (χ0n) is 8.47. The van der Waals surface area contributed by atoms with E-state index in [0.717, 1.165) is 25.4 Å². The number of nitrogens with one attached hydrogen (secondary N) is 1. The van der Waals surface area contributed by atoms with Crippen LogP contribution in [-0.2, 0) is 4.74 Å². The first kappa shape index (κ1) is 10.0. The van der Waals surface area contributed by atoms with Crippen LogP contribution in [0.15, 0.2) is 0 Å². The zero-order chi connectivity index (χ0) is 8.97. The summed E-state index contributed by atoms with van der Waals surface area (Å²) in [6.45, 7) is 8.75. The van der Waals surface area contributed by atoms with Crippen molar-refractivity contribution >= 4 is 0 Å². The van der Waals surface area contributed by atoms with Crippen molar-refractivity contribution in [2.24, 2.45) is 5.92 Å². The van der Waals surface area contributed by atoms with Crippen molar-refractivity contribution in [2.75, 3.05) is 13.1 Å². The Bertz CT molecular complexity index is 125. The summed E-state index contributed by atoms with van der Waals surface area (Å²) < 4.78 is 5.88. The Balaban J connectivity index is 2.25. The Hall–Kier alpha value is -0.0800. The highest BCUT2D eigenvalue weighted by molar-refractivity contribution is 4.74. The Morgan fingerprint density at radius 3 is 2.58 bits per heavy atom. The van der Waals surface area contributed by atoms with Crippen LogP contribution < -0.4 is 5.32 Å². The molecule has 2 atom stereocenters. The van der Waals surface area contributed by atoms with Gasteiger partial charge in [-0.15, -0.1) is 0 Å². The van der Waals surface area contributed by atoms with Gasteiger partial charge >= 0.3 is 0 Å². The molecule has 12 heavy (non-hydrogen) atoms. The molecule has 1 fully saturated rings. The molecule has 72 valence electrons. The van der Waals surface area contributed by atoms with E-state index in [4.69, 9.17) is 4.74 Å². The topological polar surface area (TPSA) is 21.3 Å². The summed E-state index contributed by atoms with van der Waals surface area (Å²) in [6, 6.07) is 0. The number of rotatable bonds is 3. The van der Waals surface area contributed by atoms with Gasteiger partial charge in [-0.3, -0.25) is 0 Å². The molecular formula is C10H21NO. The van der Waals surface area contributed by atoms with Crippen LogP contribution in [0.2, 0.25) is 0 Å². The Kier molecular flexibility index (Phi) is 4.02. The number of hydrogen-bond acceptors (Lipinski definition) is 2. The van der Waals surface area contributed by atoms with Crippen LogP contribution >= 0.6 is 0 Å². The van der Waals surface area contributed by atoms with Crippen LogP contribution in [0.4, 0.5) is 0 Å². The second kappa shape index (κ2) is 4.83. The maximum atomic E-state index is 5.88. The predicted octanol–water partition coefficient (Wildman–Crippen LogP) is 1.80. The predicted molar refractivity (Wildman–Crippen MR) is 51.3 cm³/mol. The van der Waals surface area contributed by atoms with E-state index < -0.39 is 0 Å². The minimum atomic E-state index is 0.447. The van der Waals surface area contributed by atoms with Gasteiger partial charge in [0, 0.05) is 13.1 Å². The first-order valence-electron chi connectivity index (χ1n) is 5.08. The largest absolute Gasteiger partial charge is 0.372 e. The van der Waals surface area contributed by atoms with Crippen molar-refractivity contribution in [3.8, 4) is 0 Å². The van der Waals surface area contributed by atoms with E-state index in [-0.39, 0.29) is 0 Å². The monoisotopic (exact) mass is 171 g/mol. The smallest absolute Gasteiger partial charge is 0.0706 e. The quantitative estimate of drug-likeness (QED) is 0.699. The summed E-state index contributed by atoms with van der Waals surface area (Å²) in [5.74, 6) is 0.743. The first-order valence-corrected chi connectivity index (χ1v) is 5.08. The maximum absolute atomic E-state index is 5.88.